The molecule has 0 spiro atoms. The average Bonchev–Trinajstić information content (AvgIpc) is 2.48. The first-order chi connectivity index (χ1) is 6.32. The van der Waals surface area contributed by atoms with Gasteiger partial charge in [-0.25, -0.2) is 0 Å². The zero-order chi connectivity index (χ0) is 10.9. The molecule has 4 nitrogen and oxygen atoms in total. The highest BCUT2D eigenvalue weighted by Crippen LogP contribution is 2.23. The van der Waals surface area contributed by atoms with Crippen LogP contribution in [0.25, 0.3) is 0 Å². The smallest absolute Gasteiger partial charge is 0.308 e. The molecule has 0 bridgehead atoms. The lowest BCUT2D eigenvalue weighted by Crippen LogP contribution is -2.38. The Hall–Kier alpha value is -1.06. The molecule has 1 N–H and O–H groups in total. The van der Waals surface area contributed by atoms with Crippen LogP contribution >= 0.6 is 0 Å². The SMILES string of the molecule is CC(C)(C)C(=O)N1CC[C@@H](C(=O)O)C1. The maximum absolute atomic E-state index is 11.8. The molecule has 0 aromatic carbocycles. The number of carboxylic acid groups (broad SMARTS) is 1. The lowest BCUT2D eigenvalue weighted by atomic mass is 9.95. The number of hydrogen-bond donors (Lipinski definition) is 1. The van der Waals surface area contributed by atoms with Crippen LogP contribution < -0.4 is 0 Å². The maximum atomic E-state index is 11.8. The molecule has 1 fully saturated rings. The second kappa shape index (κ2) is 3.59. The first kappa shape index (κ1) is 11.0. The fourth-order valence-electron chi connectivity index (χ4n) is 1.62. The van der Waals surface area contributed by atoms with Crippen molar-refractivity contribution in [3.8, 4) is 0 Å². The van der Waals surface area contributed by atoms with Gasteiger partial charge in [0.1, 0.15) is 0 Å². The number of likely N-dealkylation sites (tertiary alicyclic amines) is 1. The van der Waals surface area contributed by atoms with E-state index in [1.807, 2.05) is 20.8 Å². The first-order valence-electron chi connectivity index (χ1n) is 4.84. The molecular weight excluding hydrogens is 182 g/mol. The van der Waals surface area contributed by atoms with Gasteiger partial charge in [-0.05, 0) is 6.42 Å². The number of aliphatic carboxylic acids is 1. The van der Waals surface area contributed by atoms with Crippen LogP contribution in [0.1, 0.15) is 27.2 Å². The summed E-state index contributed by atoms with van der Waals surface area (Å²) >= 11 is 0. The van der Waals surface area contributed by atoms with E-state index in [4.69, 9.17) is 5.11 Å². The van der Waals surface area contributed by atoms with E-state index in [1.165, 1.54) is 0 Å². The van der Waals surface area contributed by atoms with Crippen molar-refractivity contribution in [1.82, 2.24) is 4.90 Å². The third-order valence-electron chi connectivity index (χ3n) is 2.47. The molecular formula is C10H17NO3. The number of carbonyl (C=O) groups is 2. The minimum Gasteiger partial charge on any atom is -0.481 e. The highest BCUT2D eigenvalue weighted by molar-refractivity contribution is 5.83. The van der Waals surface area contributed by atoms with Crippen molar-refractivity contribution in [3.63, 3.8) is 0 Å². The lowest BCUT2D eigenvalue weighted by Gasteiger charge is -2.25. The van der Waals surface area contributed by atoms with E-state index in [9.17, 15) is 9.59 Å². The summed E-state index contributed by atoms with van der Waals surface area (Å²) in [6.45, 7) is 6.49. The van der Waals surface area contributed by atoms with Crippen molar-refractivity contribution >= 4 is 11.9 Å². The molecule has 4 heteroatoms. The Morgan fingerprint density at radius 2 is 1.93 bits per heavy atom. The van der Waals surface area contributed by atoms with Gasteiger partial charge in [0.2, 0.25) is 5.91 Å². The molecule has 1 amide bonds. The van der Waals surface area contributed by atoms with Crippen LogP contribution in [-0.2, 0) is 9.59 Å². The Morgan fingerprint density at radius 3 is 2.29 bits per heavy atom. The van der Waals surface area contributed by atoms with E-state index in [1.54, 1.807) is 4.90 Å². The molecule has 1 aliphatic heterocycles. The van der Waals surface area contributed by atoms with Gasteiger partial charge in [-0.3, -0.25) is 9.59 Å². The summed E-state index contributed by atoms with van der Waals surface area (Å²) in [4.78, 5) is 24.1. The maximum Gasteiger partial charge on any atom is 0.308 e. The predicted octanol–water partition coefficient (Wildman–Crippen LogP) is 0.966. The molecule has 1 rings (SSSR count). The van der Waals surface area contributed by atoms with Crippen LogP contribution in [0.4, 0.5) is 0 Å². The van der Waals surface area contributed by atoms with Crippen molar-refractivity contribution < 1.29 is 14.7 Å². The van der Waals surface area contributed by atoms with Crippen molar-refractivity contribution in [3.05, 3.63) is 0 Å². The van der Waals surface area contributed by atoms with Crippen molar-refractivity contribution in [1.29, 1.82) is 0 Å². The lowest BCUT2D eigenvalue weighted by molar-refractivity contribution is -0.142. The van der Waals surface area contributed by atoms with Crippen molar-refractivity contribution in [2.24, 2.45) is 11.3 Å². The topological polar surface area (TPSA) is 57.6 Å². The monoisotopic (exact) mass is 199 g/mol. The molecule has 1 atom stereocenters. The molecule has 0 saturated carbocycles. The number of nitrogens with zero attached hydrogens (tertiary/aromatic N) is 1. The summed E-state index contributed by atoms with van der Waals surface area (Å²) in [7, 11) is 0. The van der Waals surface area contributed by atoms with Crippen LogP contribution in [0.15, 0.2) is 0 Å². The van der Waals surface area contributed by atoms with E-state index >= 15 is 0 Å². The molecule has 0 aromatic rings. The zero-order valence-electron chi connectivity index (χ0n) is 8.91. The van der Waals surface area contributed by atoms with Crippen LogP contribution in [0.5, 0.6) is 0 Å². The largest absolute Gasteiger partial charge is 0.481 e. The normalized spacial score (nSPS) is 22.5. The van der Waals surface area contributed by atoms with Gasteiger partial charge >= 0.3 is 5.97 Å². The third kappa shape index (κ3) is 2.25. The summed E-state index contributed by atoms with van der Waals surface area (Å²) in [6.07, 6.45) is 0.581. The van der Waals surface area contributed by atoms with Gasteiger partial charge in [-0.1, -0.05) is 20.8 Å². The van der Waals surface area contributed by atoms with Crippen LogP contribution in [-0.4, -0.2) is 35.0 Å². The standard InChI is InChI=1S/C10H17NO3/c1-10(2,3)9(14)11-5-4-7(6-11)8(12)13/h7H,4-6H2,1-3H3,(H,12,13)/t7-/m1/s1. The molecule has 0 radical (unpaired) electrons. The van der Waals surface area contributed by atoms with Crippen molar-refractivity contribution in [2.75, 3.05) is 13.1 Å². The number of amides is 1. The summed E-state index contributed by atoms with van der Waals surface area (Å²) in [5.41, 5.74) is -0.409. The quantitative estimate of drug-likeness (QED) is 0.684. The Bertz CT molecular complexity index is 255. The number of carbonyl (C=O) groups excluding carboxylic acids is 1. The first-order valence-corrected chi connectivity index (χ1v) is 4.84. The van der Waals surface area contributed by atoms with Gasteiger partial charge in [-0.15, -0.1) is 0 Å². The van der Waals surface area contributed by atoms with Gasteiger partial charge in [0.05, 0.1) is 5.92 Å². The molecule has 0 aliphatic carbocycles. The van der Waals surface area contributed by atoms with E-state index in [0.717, 1.165) is 0 Å². The Morgan fingerprint density at radius 1 is 1.36 bits per heavy atom. The van der Waals surface area contributed by atoms with E-state index in [2.05, 4.69) is 0 Å². The molecule has 1 saturated heterocycles. The predicted molar refractivity (Wildman–Crippen MR) is 51.8 cm³/mol. The minimum atomic E-state index is -0.797. The molecule has 80 valence electrons. The Labute approximate surface area is 83.9 Å². The van der Waals surface area contributed by atoms with E-state index in [-0.39, 0.29) is 11.8 Å². The van der Waals surface area contributed by atoms with Gasteiger partial charge in [-0.2, -0.15) is 0 Å². The fourth-order valence-corrected chi connectivity index (χ4v) is 1.62. The van der Waals surface area contributed by atoms with Gasteiger partial charge < -0.3 is 10.0 Å². The number of carboxylic acids is 1. The minimum absolute atomic E-state index is 0.0428. The Balaban J connectivity index is 2.59. The van der Waals surface area contributed by atoms with E-state index in [0.29, 0.717) is 19.5 Å². The highest BCUT2D eigenvalue weighted by atomic mass is 16.4. The molecule has 0 aromatic heterocycles. The van der Waals surface area contributed by atoms with Gasteiger partial charge in [0.25, 0.3) is 0 Å². The summed E-state index contributed by atoms with van der Waals surface area (Å²) in [6, 6.07) is 0. The fraction of sp³-hybridized carbons (Fsp3) is 0.800. The average molecular weight is 199 g/mol. The molecule has 1 heterocycles. The van der Waals surface area contributed by atoms with Crippen LogP contribution in [0, 0.1) is 11.3 Å². The molecule has 0 unspecified atom stereocenters. The number of rotatable bonds is 1. The number of hydrogen-bond acceptors (Lipinski definition) is 2. The molecule has 14 heavy (non-hydrogen) atoms. The van der Waals surface area contributed by atoms with Crippen LogP contribution in [0.2, 0.25) is 0 Å². The second-order valence-electron chi connectivity index (χ2n) is 4.83. The third-order valence-corrected chi connectivity index (χ3v) is 2.47. The van der Waals surface area contributed by atoms with Gasteiger partial charge in [0, 0.05) is 18.5 Å². The summed E-state index contributed by atoms with van der Waals surface area (Å²) < 4.78 is 0. The van der Waals surface area contributed by atoms with Gasteiger partial charge in [0.15, 0.2) is 0 Å². The second-order valence-corrected chi connectivity index (χ2v) is 4.83. The summed E-state index contributed by atoms with van der Waals surface area (Å²) in [5, 5.41) is 8.78. The zero-order valence-corrected chi connectivity index (χ0v) is 8.91. The van der Waals surface area contributed by atoms with Crippen LogP contribution in [0.3, 0.4) is 0 Å². The van der Waals surface area contributed by atoms with Crippen molar-refractivity contribution in [2.45, 2.75) is 27.2 Å². The molecule has 1 aliphatic rings. The highest BCUT2D eigenvalue weighted by Gasteiger charge is 2.35. The van der Waals surface area contributed by atoms with E-state index < -0.39 is 11.4 Å². The Kier molecular flexibility index (Phi) is 2.83. The summed E-state index contributed by atoms with van der Waals surface area (Å²) in [5.74, 6) is -1.13.